The first-order valence-corrected chi connectivity index (χ1v) is 10.1. The van der Waals surface area contributed by atoms with Crippen molar-refractivity contribution in [2.45, 2.75) is 76.2 Å². The van der Waals surface area contributed by atoms with Crippen LogP contribution in [-0.4, -0.2) is 0 Å². The van der Waals surface area contributed by atoms with Gasteiger partial charge in [-0.1, -0.05) is 27.7 Å². The molecule has 0 aromatic rings. The van der Waals surface area contributed by atoms with Crippen LogP contribution in [0.1, 0.15) is 76.2 Å². The molecule has 0 aromatic heterocycles. The van der Waals surface area contributed by atoms with Crippen molar-refractivity contribution in [1.29, 1.82) is 0 Å². The van der Waals surface area contributed by atoms with Crippen molar-refractivity contribution in [2.75, 3.05) is 0 Å². The van der Waals surface area contributed by atoms with Gasteiger partial charge in [-0.3, -0.25) is 0 Å². The van der Waals surface area contributed by atoms with E-state index in [0.29, 0.717) is 5.92 Å². The highest BCUT2D eigenvalue weighted by atomic mass is 14.6. The molecule has 0 heterocycles. The molecule has 1 unspecified atom stereocenters. The Hall–Kier alpha value is -1.56. The third kappa shape index (κ3) is 1.63. The van der Waals surface area contributed by atoms with Crippen molar-refractivity contribution in [1.82, 2.24) is 0 Å². The minimum Gasteiger partial charge on any atom is -0.0550 e. The number of hydrogen-bond acceptors (Lipinski definition) is 0. The molecule has 0 radical (unpaired) electrons. The lowest BCUT2D eigenvalue weighted by Crippen LogP contribution is -2.32. The van der Waals surface area contributed by atoms with Crippen molar-refractivity contribution >= 4 is 0 Å². The van der Waals surface area contributed by atoms with Gasteiger partial charge in [-0.25, -0.2) is 0 Å². The van der Waals surface area contributed by atoms with Crippen LogP contribution < -0.4 is 0 Å². The van der Waals surface area contributed by atoms with Gasteiger partial charge in [0.25, 0.3) is 0 Å². The molecule has 4 aliphatic carbocycles. The molecular formula is C26H34. The van der Waals surface area contributed by atoms with Gasteiger partial charge in [0.15, 0.2) is 0 Å². The van der Waals surface area contributed by atoms with Crippen molar-refractivity contribution in [3.8, 4) is 0 Å². The zero-order chi connectivity index (χ0) is 19.5. The summed E-state index contributed by atoms with van der Waals surface area (Å²) in [5.74, 6) is 0.456. The number of hydrogen-bond donors (Lipinski definition) is 0. The molecule has 0 aliphatic heterocycles. The van der Waals surface area contributed by atoms with E-state index in [-0.39, 0.29) is 10.8 Å². The van der Waals surface area contributed by atoms with E-state index < -0.39 is 0 Å². The third-order valence-electron chi connectivity index (χ3n) is 8.83. The summed E-state index contributed by atoms with van der Waals surface area (Å²) in [5.41, 5.74) is 19.0. The second-order valence-electron chi connectivity index (χ2n) is 10.0. The predicted molar refractivity (Wildman–Crippen MR) is 113 cm³/mol. The summed E-state index contributed by atoms with van der Waals surface area (Å²) < 4.78 is 0. The zero-order valence-corrected chi connectivity index (χ0v) is 18.6. The topological polar surface area (TPSA) is 0 Å². The van der Waals surface area contributed by atoms with Crippen molar-refractivity contribution in [3.63, 3.8) is 0 Å². The van der Waals surface area contributed by atoms with Crippen LogP contribution in [0.2, 0.25) is 0 Å². The maximum Gasteiger partial charge on any atom is 0.0356 e. The highest BCUT2D eigenvalue weighted by Gasteiger charge is 2.57. The molecule has 0 N–H and O–H groups in total. The summed E-state index contributed by atoms with van der Waals surface area (Å²) in [6.45, 7) is 26.4. The van der Waals surface area contributed by atoms with Gasteiger partial charge in [0.1, 0.15) is 0 Å². The molecule has 0 aromatic carbocycles. The summed E-state index contributed by atoms with van der Waals surface area (Å²) in [6.07, 6.45) is 0. The Morgan fingerprint density at radius 3 is 1.38 bits per heavy atom. The third-order valence-corrected chi connectivity index (χ3v) is 8.83. The summed E-state index contributed by atoms with van der Waals surface area (Å²) >= 11 is 0. The minimum atomic E-state index is 0.156. The Balaban J connectivity index is 2.26. The highest BCUT2D eigenvalue weighted by molar-refractivity contribution is 5.78. The Bertz CT molecular complexity index is 971. The van der Waals surface area contributed by atoms with Gasteiger partial charge in [-0.05, 0) is 126 Å². The Kier molecular flexibility index (Phi) is 3.31. The van der Waals surface area contributed by atoms with Crippen LogP contribution in [0.5, 0.6) is 0 Å². The van der Waals surface area contributed by atoms with Gasteiger partial charge >= 0.3 is 0 Å². The molecule has 1 atom stereocenters. The fraction of sp³-hybridized carbons (Fsp3) is 0.538. The van der Waals surface area contributed by atoms with Crippen LogP contribution >= 0.6 is 0 Å². The van der Waals surface area contributed by atoms with Crippen molar-refractivity contribution in [2.24, 2.45) is 16.7 Å². The molecule has 4 rings (SSSR count). The van der Waals surface area contributed by atoms with E-state index in [2.05, 4.69) is 76.2 Å². The van der Waals surface area contributed by atoms with Crippen LogP contribution in [0.3, 0.4) is 0 Å². The van der Waals surface area contributed by atoms with Crippen LogP contribution in [-0.2, 0) is 0 Å². The molecule has 0 spiro atoms. The smallest absolute Gasteiger partial charge is 0.0356 e. The van der Waals surface area contributed by atoms with Gasteiger partial charge in [-0.15, -0.1) is 0 Å². The lowest BCUT2D eigenvalue weighted by molar-refractivity contribution is 0.223. The molecule has 0 amide bonds. The molecule has 4 aliphatic rings. The second kappa shape index (κ2) is 4.83. The minimum absolute atomic E-state index is 0.156. The van der Waals surface area contributed by atoms with E-state index in [1.165, 1.54) is 39.0 Å². The fourth-order valence-corrected chi connectivity index (χ4v) is 6.38. The molecule has 0 saturated heterocycles. The lowest BCUT2D eigenvalue weighted by atomic mass is 9.61. The molecule has 26 heavy (non-hydrogen) atoms. The summed E-state index contributed by atoms with van der Waals surface area (Å²) in [5, 5.41) is 0. The maximum absolute atomic E-state index is 2.47. The summed E-state index contributed by atoms with van der Waals surface area (Å²) in [7, 11) is 0. The first-order valence-electron chi connectivity index (χ1n) is 10.1. The molecule has 0 heteroatoms. The van der Waals surface area contributed by atoms with Gasteiger partial charge < -0.3 is 0 Å². The summed E-state index contributed by atoms with van der Waals surface area (Å²) in [6, 6.07) is 0. The maximum atomic E-state index is 2.47. The highest BCUT2D eigenvalue weighted by Crippen LogP contribution is 2.69. The van der Waals surface area contributed by atoms with Gasteiger partial charge in [0, 0.05) is 5.92 Å². The van der Waals surface area contributed by atoms with Crippen LogP contribution in [0.15, 0.2) is 66.9 Å². The Morgan fingerprint density at radius 1 is 0.423 bits per heavy atom. The van der Waals surface area contributed by atoms with Crippen molar-refractivity contribution < 1.29 is 0 Å². The van der Waals surface area contributed by atoms with Gasteiger partial charge in [0.2, 0.25) is 0 Å². The number of rotatable bonds is 0. The summed E-state index contributed by atoms with van der Waals surface area (Å²) in [4.78, 5) is 0. The van der Waals surface area contributed by atoms with E-state index in [4.69, 9.17) is 0 Å². The van der Waals surface area contributed by atoms with Crippen LogP contribution in [0, 0.1) is 16.7 Å². The first kappa shape index (κ1) is 17.8. The standard InChI is InChI=1S/C26H34/c1-12-13(2)19-15(4)17(6)23-22-21(19)20(14(12)3)16(5)18(7)24(22)26(10,11)25(23,8)9/h21H,1-11H3. The van der Waals surface area contributed by atoms with E-state index in [0.717, 1.165) is 0 Å². The molecular weight excluding hydrogens is 312 g/mol. The molecule has 0 saturated carbocycles. The monoisotopic (exact) mass is 346 g/mol. The second-order valence-corrected chi connectivity index (χ2v) is 10.0. The average molecular weight is 347 g/mol. The van der Waals surface area contributed by atoms with Crippen LogP contribution in [0.25, 0.3) is 0 Å². The largest absolute Gasteiger partial charge is 0.0550 e. The van der Waals surface area contributed by atoms with Gasteiger partial charge in [0.05, 0.1) is 0 Å². The van der Waals surface area contributed by atoms with E-state index in [1.807, 2.05) is 0 Å². The lowest BCUT2D eigenvalue weighted by Gasteiger charge is -2.43. The molecule has 138 valence electrons. The normalized spacial score (nSPS) is 29.4. The Labute approximate surface area is 160 Å². The van der Waals surface area contributed by atoms with E-state index in [9.17, 15) is 0 Å². The quantitative estimate of drug-likeness (QED) is 0.423. The zero-order valence-electron chi connectivity index (χ0n) is 18.6. The molecule has 0 bridgehead atoms. The van der Waals surface area contributed by atoms with Gasteiger partial charge in [-0.2, -0.15) is 0 Å². The van der Waals surface area contributed by atoms with E-state index in [1.54, 1.807) is 27.9 Å². The molecule has 0 fully saturated rings. The first-order chi connectivity index (χ1) is 11.9. The SMILES string of the molecule is CC1=C(C)C2=C(C)C(C)=C3C4=C(C(C)=C(C)C(=C1C)C24)C(C)(C)C3(C)C. The fourth-order valence-electron chi connectivity index (χ4n) is 6.38. The van der Waals surface area contributed by atoms with Crippen molar-refractivity contribution in [3.05, 3.63) is 66.9 Å². The Morgan fingerprint density at radius 2 is 0.846 bits per heavy atom. The number of allylic oxidation sites excluding steroid dienone is 12. The molecule has 0 nitrogen and oxygen atoms in total. The average Bonchev–Trinajstić information content (AvgIpc) is 2.71. The van der Waals surface area contributed by atoms with E-state index >= 15 is 0 Å². The van der Waals surface area contributed by atoms with Crippen LogP contribution in [0.4, 0.5) is 0 Å². The predicted octanol–water partition coefficient (Wildman–Crippen LogP) is 7.63.